The van der Waals surface area contributed by atoms with Crippen LogP contribution in [0.25, 0.3) is 0 Å². The Hall–Kier alpha value is -1.85. The Balaban J connectivity index is 2.82. The van der Waals surface area contributed by atoms with Crippen molar-refractivity contribution in [3.8, 4) is 0 Å². The standard InChI is InChI=1S/C10H16N4O2/c1-7(2)13(3)10(16)6-14-9(15)4-8(11)5-12-14/h4-5,7H,6,11H2,1-3H3. The smallest absolute Gasteiger partial charge is 0.269 e. The third-order valence-corrected chi connectivity index (χ3v) is 2.34. The molecule has 1 rings (SSSR count). The first kappa shape index (κ1) is 12.2. The first-order chi connectivity index (χ1) is 7.41. The molecule has 0 bridgehead atoms. The average molecular weight is 224 g/mol. The number of anilines is 1. The number of hydrogen-bond acceptors (Lipinski definition) is 4. The molecule has 0 aliphatic heterocycles. The fourth-order valence-electron chi connectivity index (χ4n) is 1.09. The number of carbonyl (C=O) groups is 1. The zero-order valence-corrected chi connectivity index (χ0v) is 9.67. The molecule has 1 amide bonds. The van der Waals surface area contributed by atoms with Gasteiger partial charge in [-0.25, -0.2) is 4.68 Å². The van der Waals surface area contributed by atoms with E-state index in [0.717, 1.165) is 4.68 Å². The van der Waals surface area contributed by atoms with Gasteiger partial charge >= 0.3 is 0 Å². The molecule has 2 N–H and O–H groups in total. The van der Waals surface area contributed by atoms with Gasteiger partial charge in [0.1, 0.15) is 6.54 Å². The van der Waals surface area contributed by atoms with E-state index in [4.69, 9.17) is 5.73 Å². The molecular formula is C10H16N4O2. The van der Waals surface area contributed by atoms with Crippen molar-refractivity contribution in [2.75, 3.05) is 12.8 Å². The van der Waals surface area contributed by atoms with Crippen LogP contribution in [0.2, 0.25) is 0 Å². The van der Waals surface area contributed by atoms with Crippen LogP contribution >= 0.6 is 0 Å². The molecule has 0 radical (unpaired) electrons. The predicted molar refractivity (Wildman–Crippen MR) is 60.8 cm³/mol. The quantitative estimate of drug-likeness (QED) is 0.763. The fraction of sp³-hybridized carbons (Fsp3) is 0.500. The first-order valence-corrected chi connectivity index (χ1v) is 5.00. The van der Waals surface area contributed by atoms with Crippen LogP contribution in [0.1, 0.15) is 13.8 Å². The summed E-state index contributed by atoms with van der Waals surface area (Å²) in [5.74, 6) is -0.158. The highest BCUT2D eigenvalue weighted by atomic mass is 16.2. The second-order valence-corrected chi connectivity index (χ2v) is 3.88. The van der Waals surface area contributed by atoms with Gasteiger partial charge in [-0.1, -0.05) is 0 Å². The third kappa shape index (κ3) is 2.82. The second kappa shape index (κ2) is 4.78. The van der Waals surface area contributed by atoms with Crippen LogP contribution in [0.15, 0.2) is 17.1 Å². The topological polar surface area (TPSA) is 81.2 Å². The summed E-state index contributed by atoms with van der Waals surface area (Å²) in [5, 5.41) is 3.79. The lowest BCUT2D eigenvalue weighted by atomic mass is 10.3. The second-order valence-electron chi connectivity index (χ2n) is 3.88. The van der Waals surface area contributed by atoms with Crippen LogP contribution < -0.4 is 11.3 Å². The van der Waals surface area contributed by atoms with Crippen LogP contribution in [0.5, 0.6) is 0 Å². The van der Waals surface area contributed by atoms with Gasteiger partial charge in [0.15, 0.2) is 0 Å². The Labute approximate surface area is 93.7 Å². The zero-order valence-electron chi connectivity index (χ0n) is 9.67. The summed E-state index contributed by atoms with van der Waals surface area (Å²) >= 11 is 0. The Morgan fingerprint density at radius 3 is 2.75 bits per heavy atom. The van der Waals surface area contributed by atoms with E-state index in [1.54, 1.807) is 11.9 Å². The summed E-state index contributed by atoms with van der Waals surface area (Å²) in [7, 11) is 1.69. The van der Waals surface area contributed by atoms with Crippen LogP contribution in [0.4, 0.5) is 5.69 Å². The third-order valence-electron chi connectivity index (χ3n) is 2.34. The number of aromatic nitrogens is 2. The minimum Gasteiger partial charge on any atom is -0.397 e. The summed E-state index contributed by atoms with van der Waals surface area (Å²) in [6, 6.07) is 1.34. The van der Waals surface area contributed by atoms with Gasteiger partial charge in [-0.2, -0.15) is 5.10 Å². The molecular weight excluding hydrogens is 208 g/mol. The van der Waals surface area contributed by atoms with E-state index in [-0.39, 0.29) is 24.1 Å². The Morgan fingerprint density at radius 1 is 1.62 bits per heavy atom. The monoisotopic (exact) mass is 224 g/mol. The van der Waals surface area contributed by atoms with Crippen LogP contribution in [-0.2, 0) is 11.3 Å². The number of carbonyl (C=O) groups excluding carboxylic acids is 1. The molecule has 0 saturated carbocycles. The molecule has 0 fully saturated rings. The lowest BCUT2D eigenvalue weighted by Crippen LogP contribution is -2.38. The largest absolute Gasteiger partial charge is 0.397 e. The minimum absolute atomic E-state index is 0.0617. The van der Waals surface area contributed by atoms with Crippen molar-refractivity contribution in [2.24, 2.45) is 0 Å². The van der Waals surface area contributed by atoms with Crippen molar-refractivity contribution in [3.05, 3.63) is 22.6 Å². The number of likely N-dealkylation sites (N-methyl/N-ethyl adjacent to an activating group) is 1. The number of nitrogens with zero attached hydrogens (tertiary/aromatic N) is 3. The van der Waals surface area contributed by atoms with Crippen LogP contribution in [0, 0.1) is 0 Å². The van der Waals surface area contributed by atoms with Gasteiger partial charge in [0.2, 0.25) is 5.91 Å². The predicted octanol–water partition coefficient (Wildman–Crippen LogP) is -0.308. The molecule has 0 unspecified atom stereocenters. The molecule has 16 heavy (non-hydrogen) atoms. The highest BCUT2D eigenvalue weighted by Gasteiger charge is 2.13. The average Bonchev–Trinajstić information content (AvgIpc) is 2.20. The molecule has 88 valence electrons. The molecule has 6 nitrogen and oxygen atoms in total. The van der Waals surface area contributed by atoms with Crippen molar-refractivity contribution in [3.63, 3.8) is 0 Å². The molecule has 0 saturated heterocycles. The molecule has 1 heterocycles. The normalized spacial score (nSPS) is 10.5. The van der Waals surface area contributed by atoms with Crippen molar-refractivity contribution in [1.82, 2.24) is 14.7 Å². The van der Waals surface area contributed by atoms with Crippen molar-refractivity contribution in [1.29, 1.82) is 0 Å². The lowest BCUT2D eigenvalue weighted by molar-refractivity contribution is -0.132. The maximum absolute atomic E-state index is 11.7. The van der Waals surface area contributed by atoms with E-state index in [1.165, 1.54) is 12.3 Å². The number of nitrogen functional groups attached to an aromatic ring is 1. The van der Waals surface area contributed by atoms with E-state index < -0.39 is 0 Å². The Kier molecular flexibility index (Phi) is 3.65. The summed E-state index contributed by atoms with van der Waals surface area (Å²) in [6.07, 6.45) is 1.35. The zero-order chi connectivity index (χ0) is 12.3. The molecule has 0 aliphatic rings. The molecule has 1 aromatic heterocycles. The highest BCUT2D eigenvalue weighted by molar-refractivity contribution is 5.75. The first-order valence-electron chi connectivity index (χ1n) is 5.00. The van der Waals surface area contributed by atoms with Gasteiger partial charge in [0, 0.05) is 19.2 Å². The maximum Gasteiger partial charge on any atom is 0.269 e. The Morgan fingerprint density at radius 2 is 2.25 bits per heavy atom. The summed E-state index contributed by atoms with van der Waals surface area (Å²) < 4.78 is 1.09. The molecule has 0 atom stereocenters. The van der Waals surface area contributed by atoms with Gasteiger partial charge in [-0.05, 0) is 13.8 Å². The van der Waals surface area contributed by atoms with Gasteiger partial charge in [0.25, 0.3) is 5.56 Å². The molecule has 1 aromatic rings. The van der Waals surface area contributed by atoms with Crippen LogP contribution in [-0.4, -0.2) is 33.7 Å². The van der Waals surface area contributed by atoms with E-state index in [0.29, 0.717) is 5.69 Å². The number of amides is 1. The summed E-state index contributed by atoms with van der Waals surface area (Å²) in [5.41, 5.74) is 5.32. The minimum atomic E-state index is -0.370. The number of hydrogen-bond donors (Lipinski definition) is 1. The van der Waals surface area contributed by atoms with E-state index >= 15 is 0 Å². The molecule has 0 aliphatic carbocycles. The van der Waals surface area contributed by atoms with E-state index in [9.17, 15) is 9.59 Å². The Bertz CT molecular complexity index is 439. The molecule has 0 spiro atoms. The summed E-state index contributed by atoms with van der Waals surface area (Å²) in [4.78, 5) is 24.7. The SMILES string of the molecule is CC(C)N(C)C(=O)Cn1ncc(N)cc1=O. The number of rotatable bonds is 3. The van der Waals surface area contributed by atoms with Crippen molar-refractivity contribution >= 4 is 11.6 Å². The van der Waals surface area contributed by atoms with Gasteiger partial charge in [-0.15, -0.1) is 0 Å². The fourth-order valence-corrected chi connectivity index (χ4v) is 1.09. The highest BCUT2D eigenvalue weighted by Crippen LogP contribution is 1.96. The summed E-state index contributed by atoms with van der Waals surface area (Å²) in [6.45, 7) is 3.74. The molecule has 6 heteroatoms. The van der Waals surface area contributed by atoms with Gasteiger partial charge in [-0.3, -0.25) is 9.59 Å². The van der Waals surface area contributed by atoms with Crippen molar-refractivity contribution < 1.29 is 4.79 Å². The lowest BCUT2D eigenvalue weighted by Gasteiger charge is -2.21. The van der Waals surface area contributed by atoms with Gasteiger partial charge in [0.05, 0.1) is 11.9 Å². The number of nitrogens with two attached hydrogens (primary N) is 1. The maximum atomic E-state index is 11.7. The van der Waals surface area contributed by atoms with Crippen LogP contribution in [0.3, 0.4) is 0 Å². The molecule has 0 aromatic carbocycles. The van der Waals surface area contributed by atoms with Crippen molar-refractivity contribution in [2.45, 2.75) is 26.4 Å². The van der Waals surface area contributed by atoms with Gasteiger partial charge < -0.3 is 10.6 Å². The van der Waals surface area contributed by atoms with E-state index in [2.05, 4.69) is 5.10 Å². The van der Waals surface area contributed by atoms with E-state index in [1.807, 2.05) is 13.8 Å².